The average molecular weight is 294 g/mol. The van der Waals surface area contributed by atoms with Crippen LogP contribution in [-0.4, -0.2) is 60.7 Å². The van der Waals surface area contributed by atoms with Gasteiger partial charge in [-0.1, -0.05) is 0 Å². The molecule has 0 bridgehead atoms. The van der Waals surface area contributed by atoms with Crippen LogP contribution >= 0.6 is 0 Å². The van der Waals surface area contributed by atoms with Gasteiger partial charge in [0.2, 0.25) is 5.95 Å². The molecule has 0 aromatic carbocycles. The van der Waals surface area contributed by atoms with Crippen LogP contribution in [0.4, 0.5) is 11.8 Å². The Morgan fingerprint density at radius 2 is 2.10 bits per heavy atom. The van der Waals surface area contributed by atoms with E-state index in [1.54, 1.807) is 20.4 Å². The van der Waals surface area contributed by atoms with E-state index in [2.05, 4.69) is 30.8 Å². The second kappa shape index (κ2) is 8.38. The fourth-order valence-corrected chi connectivity index (χ4v) is 1.86. The topological polar surface area (TPSA) is 97.0 Å². The van der Waals surface area contributed by atoms with Crippen molar-refractivity contribution in [2.45, 2.75) is 12.8 Å². The summed E-state index contributed by atoms with van der Waals surface area (Å²) in [6.07, 6.45) is 3.73. The number of unbranched alkanes of at least 4 members (excludes halogenated alkanes) is 1. The van der Waals surface area contributed by atoms with Gasteiger partial charge in [0, 0.05) is 27.3 Å². The van der Waals surface area contributed by atoms with Crippen molar-refractivity contribution in [3.63, 3.8) is 0 Å². The highest BCUT2D eigenvalue weighted by Crippen LogP contribution is 2.19. The highest BCUT2D eigenvalue weighted by Gasteiger charge is 2.07. The van der Waals surface area contributed by atoms with Crippen molar-refractivity contribution < 1.29 is 9.47 Å². The zero-order valence-electron chi connectivity index (χ0n) is 12.5. The minimum absolute atomic E-state index is 0.567. The molecule has 0 unspecified atom stereocenters. The van der Waals surface area contributed by atoms with Gasteiger partial charge in [-0.05, 0) is 12.8 Å². The summed E-state index contributed by atoms with van der Waals surface area (Å²) in [4.78, 5) is 8.70. The van der Waals surface area contributed by atoms with Crippen LogP contribution in [0.2, 0.25) is 0 Å². The summed E-state index contributed by atoms with van der Waals surface area (Å²) in [6.45, 7) is 2.87. The molecular weight excluding hydrogens is 272 g/mol. The van der Waals surface area contributed by atoms with Gasteiger partial charge in [-0.2, -0.15) is 15.1 Å². The smallest absolute Gasteiger partial charge is 0.226 e. The number of nitrogens with zero attached hydrogens (tertiary/aromatic N) is 3. The van der Waals surface area contributed by atoms with Crippen LogP contribution in [0.3, 0.4) is 0 Å². The van der Waals surface area contributed by atoms with E-state index < -0.39 is 0 Å². The molecule has 8 heteroatoms. The molecule has 0 aliphatic rings. The van der Waals surface area contributed by atoms with Crippen LogP contribution in [0.5, 0.6) is 0 Å². The van der Waals surface area contributed by atoms with E-state index in [1.165, 1.54) is 0 Å². The van der Waals surface area contributed by atoms with Gasteiger partial charge in [-0.3, -0.25) is 5.10 Å². The molecule has 116 valence electrons. The maximum Gasteiger partial charge on any atom is 0.226 e. The molecule has 0 saturated carbocycles. The summed E-state index contributed by atoms with van der Waals surface area (Å²) in [5, 5.41) is 14.0. The molecule has 2 rings (SSSR count). The minimum atomic E-state index is 0.567. The van der Waals surface area contributed by atoms with Gasteiger partial charge < -0.3 is 20.1 Å². The molecule has 0 fully saturated rings. The lowest BCUT2D eigenvalue weighted by Crippen LogP contribution is -2.08. The zero-order valence-corrected chi connectivity index (χ0v) is 12.5. The second-order valence-electron chi connectivity index (χ2n) is 4.52. The summed E-state index contributed by atoms with van der Waals surface area (Å²) in [5.74, 6) is 1.36. The summed E-state index contributed by atoms with van der Waals surface area (Å²) < 4.78 is 10.3. The number of hydrogen-bond acceptors (Lipinski definition) is 7. The SMILES string of the molecule is CNc1nc(NCCCCOCCOC)c2cn[nH]c2n1. The predicted octanol–water partition coefficient (Wildman–Crippen LogP) is 1.25. The molecule has 21 heavy (non-hydrogen) atoms. The number of aromatic amines is 1. The van der Waals surface area contributed by atoms with Crippen LogP contribution < -0.4 is 10.6 Å². The monoisotopic (exact) mass is 294 g/mol. The first kappa shape index (κ1) is 15.5. The molecule has 0 amide bonds. The lowest BCUT2D eigenvalue weighted by Gasteiger charge is -2.08. The third-order valence-electron chi connectivity index (χ3n) is 2.97. The molecule has 0 radical (unpaired) electrons. The maximum absolute atomic E-state index is 5.42. The highest BCUT2D eigenvalue weighted by molar-refractivity contribution is 5.86. The van der Waals surface area contributed by atoms with Gasteiger partial charge >= 0.3 is 0 Å². The molecule has 0 aliphatic carbocycles. The number of hydrogen-bond donors (Lipinski definition) is 3. The summed E-state index contributed by atoms with van der Waals surface area (Å²) in [7, 11) is 3.46. The molecule has 0 spiro atoms. The summed E-state index contributed by atoms with van der Waals surface area (Å²) >= 11 is 0. The minimum Gasteiger partial charge on any atom is -0.382 e. The van der Waals surface area contributed by atoms with Crippen molar-refractivity contribution >= 4 is 22.8 Å². The third-order valence-corrected chi connectivity index (χ3v) is 2.97. The number of rotatable bonds is 10. The highest BCUT2D eigenvalue weighted by atomic mass is 16.5. The van der Waals surface area contributed by atoms with Crippen molar-refractivity contribution in [3.8, 4) is 0 Å². The van der Waals surface area contributed by atoms with Gasteiger partial charge in [-0.15, -0.1) is 0 Å². The molecule has 2 heterocycles. The molecular formula is C13H22N6O2. The summed E-state index contributed by atoms with van der Waals surface area (Å²) in [6, 6.07) is 0. The van der Waals surface area contributed by atoms with Crippen molar-refractivity contribution in [1.82, 2.24) is 20.2 Å². The number of ether oxygens (including phenoxy) is 2. The Labute approximate surface area is 123 Å². The van der Waals surface area contributed by atoms with Crippen molar-refractivity contribution in [2.75, 3.05) is 51.2 Å². The Morgan fingerprint density at radius 3 is 2.90 bits per heavy atom. The second-order valence-corrected chi connectivity index (χ2v) is 4.52. The van der Waals surface area contributed by atoms with Crippen LogP contribution in [0.25, 0.3) is 11.0 Å². The first-order chi connectivity index (χ1) is 10.3. The molecule has 0 saturated heterocycles. The maximum atomic E-state index is 5.42. The number of methoxy groups -OCH3 is 1. The third kappa shape index (κ3) is 4.54. The fraction of sp³-hybridized carbons (Fsp3) is 0.615. The van der Waals surface area contributed by atoms with E-state index in [0.29, 0.717) is 19.2 Å². The lowest BCUT2D eigenvalue weighted by molar-refractivity contribution is 0.0691. The van der Waals surface area contributed by atoms with Gasteiger partial charge in [-0.25, -0.2) is 0 Å². The predicted molar refractivity (Wildman–Crippen MR) is 81.6 cm³/mol. The Balaban J connectivity index is 1.76. The Hall–Kier alpha value is -1.93. The quantitative estimate of drug-likeness (QED) is 0.567. The van der Waals surface area contributed by atoms with Crippen LogP contribution in [0, 0.1) is 0 Å². The average Bonchev–Trinajstić information content (AvgIpc) is 2.98. The van der Waals surface area contributed by atoms with Crippen LogP contribution in [-0.2, 0) is 9.47 Å². The molecule has 0 aliphatic heterocycles. The van der Waals surface area contributed by atoms with Gasteiger partial charge in [0.25, 0.3) is 0 Å². The normalized spacial score (nSPS) is 11.0. The van der Waals surface area contributed by atoms with Crippen molar-refractivity contribution in [3.05, 3.63) is 6.20 Å². The number of nitrogens with one attached hydrogen (secondary N) is 3. The van der Waals surface area contributed by atoms with Crippen molar-refractivity contribution in [1.29, 1.82) is 0 Å². The Morgan fingerprint density at radius 1 is 1.19 bits per heavy atom. The first-order valence-corrected chi connectivity index (χ1v) is 7.04. The fourth-order valence-electron chi connectivity index (χ4n) is 1.86. The van der Waals surface area contributed by atoms with E-state index in [-0.39, 0.29) is 0 Å². The van der Waals surface area contributed by atoms with Gasteiger partial charge in [0.1, 0.15) is 5.82 Å². The molecule has 2 aromatic heterocycles. The van der Waals surface area contributed by atoms with E-state index in [1.807, 2.05) is 0 Å². The molecule has 2 aromatic rings. The number of aromatic nitrogens is 4. The first-order valence-electron chi connectivity index (χ1n) is 7.04. The summed E-state index contributed by atoms with van der Waals surface area (Å²) in [5.41, 5.74) is 0.722. The van der Waals surface area contributed by atoms with Crippen LogP contribution in [0.1, 0.15) is 12.8 Å². The van der Waals surface area contributed by atoms with E-state index >= 15 is 0 Å². The molecule has 8 nitrogen and oxygen atoms in total. The molecule has 0 atom stereocenters. The Kier molecular flexibility index (Phi) is 6.17. The molecule has 3 N–H and O–H groups in total. The Bertz CT molecular complexity index is 544. The van der Waals surface area contributed by atoms with E-state index in [0.717, 1.165) is 42.8 Å². The number of fused-ring (bicyclic) bond motifs is 1. The van der Waals surface area contributed by atoms with Crippen molar-refractivity contribution in [2.24, 2.45) is 0 Å². The number of H-pyrrole nitrogens is 1. The lowest BCUT2D eigenvalue weighted by atomic mass is 10.3. The van der Waals surface area contributed by atoms with E-state index in [9.17, 15) is 0 Å². The largest absolute Gasteiger partial charge is 0.382 e. The van der Waals surface area contributed by atoms with Gasteiger partial charge in [0.15, 0.2) is 5.65 Å². The number of anilines is 2. The van der Waals surface area contributed by atoms with Gasteiger partial charge in [0.05, 0.1) is 24.8 Å². The zero-order chi connectivity index (χ0) is 14.9. The standard InChI is InChI=1S/C13H22N6O2/c1-14-13-17-11(10-9-16-19-12(10)18-13)15-5-3-4-6-21-8-7-20-2/h9H,3-8H2,1-2H3,(H3,14,15,16,17,18,19). The van der Waals surface area contributed by atoms with E-state index in [4.69, 9.17) is 9.47 Å². The van der Waals surface area contributed by atoms with Crippen LogP contribution in [0.15, 0.2) is 6.20 Å².